The van der Waals surface area contributed by atoms with Gasteiger partial charge in [0.15, 0.2) is 5.16 Å². The number of ether oxygens (including phenoxy) is 1. The molecule has 0 aliphatic heterocycles. The van der Waals surface area contributed by atoms with Crippen LogP contribution in [0, 0.1) is 41.0 Å². The quantitative estimate of drug-likeness (QED) is 0.114. The summed E-state index contributed by atoms with van der Waals surface area (Å²) in [6, 6.07) is 17.5. The number of rotatable bonds is 10. The highest BCUT2D eigenvalue weighted by Crippen LogP contribution is 2.39. The summed E-state index contributed by atoms with van der Waals surface area (Å²) in [7, 11) is 0. The summed E-state index contributed by atoms with van der Waals surface area (Å²) in [6.07, 6.45) is 0. The van der Waals surface area contributed by atoms with E-state index in [2.05, 4.69) is 26.1 Å². The first kappa shape index (κ1) is 27.3. The molecule has 0 fully saturated rings. The van der Waals surface area contributed by atoms with E-state index < -0.39 is 10.2 Å². The van der Waals surface area contributed by atoms with Crippen LogP contribution in [0.5, 0.6) is 5.75 Å². The van der Waals surface area contributed by atoms with Gasteiger partial charge >= 0.3 is 0 Å². The average Bonchev–Trinajstić information content (AvgIpc) is 3.24. The lowest BCUT2D eigenvalue weighted by Gasteiger charge is -2.16. The summed E-state index contributed by atoms with van der Waals surface area (Å²) in [6.45, 7) is 5.82. The number of aryl methyl sites for hydroxylation is 3. The standard InChI is InChI=1S/C26H24BrN5O5S/c1-16-4-8-22(12-17(16)2)31-18(3)28-29-26(31)38-25(14-30(33)34)20-7-11-24(23(27)13-20)37-15-19-5-9-21(10-6-19)32(35)36/h4-13,25H,14-15H2,1-3H3/t25-/m0/s1. The number of non-ortho nitro benzene ring substituents is 1. The number of nitrogens with zero attached hydrogens (tertiary/aromatic N) is 5. The van der Waals surface area contributed by atoms with Gasteiger partial charge < -0.3 is 4.74 Å². The van der Waals surface area contributed by atoms with Gasteiger partial charge in [0.2, 0.25) is 6.54 Å². The van der Waals surface area contributed by atoms with E-state index in [1.165, 1.54) is 29.5 Å². The molecule has 0 unspecified atom stereocenters. The highest BCUT2D eigenvalue weighted by molar-refractivity contribution is 9.10. The minimum Gasteiger partial charge on any atom is -0.488 e. The van der Waals surface area contributed by atoms with Crippen LogP contribution in [0.3, 0.4) is 0 Å². The molecule has 4 rings (SSSR count). The van der Waals surface area contributed by atoms with E-state index in [-0.39, 0.29) is 23.8 Å². The van der Waals surface area contributed by atoms with Crippen molar-refractivity contribution in [3.05, 3.63) is 113 Å². The zero-order chi connectivity index (χ0) is 27.4. The van der Waals surface area contributed by atoms with Gasteiger partial charge in [-0.05, 0) is 95.4 Å². The first-order valence-corrected chi connectivity index (χ1v) is 13.2. The molecule has 0 N–H and O–H groups in total. The number of thioether (sulfide) groups is 1. The van der Waals surface area contributed by atoms with Gasteiger partial charge in [0.05, 0.1) is 9.40 Å². The molecule has 4 aromatic rings. The van der Waals surface area contributed by atoms with Crippen LogP contribution >= 0.6 is 27.7 Å². The Morgan fingerprint density at radius 1 is 0.974 bits per heavy atom. The lowest BCUT2D eigenvalue weighted by Crippen LogP contribution is -2.11. The molecular weight excluding hydrogens is 574 g/mol. The van der Waals surface area contributed by atoms with Crippen LogP contribution in [0.4, 0.5) is 5.69 Å². The zero-order valence-corrected chi connectivity index (χ0v) is 23.2. The number of hydrogen-bond acceptors (Lipinski definition) is 8. The largest absolute Gasteiger partial charge is 0.488 e. The number of halogens is 1. The molecule has 0 amide bonds. The van der Waals surface area contributed by atoms with E-state index in [4.69, 9.17) is 4.74 Å². The first-order chi connectivity index (χ1) is 18.1. The summed E-state index contributed by atoms with van der Waals surface area (Å²) in [5.74, 6) is 1.23. The molecule has 0 aliphatic carbocycles. The first-order valence-electron chi connectivity index (χ1n) is 11.6. The second-order valence-electron chi connectivity index (χ2n) is 8.66. The molecule has 10 nitrogen and oxygen atoms in total. The number of nitro groups is 2. The minimum atomic E-state index is -0.529. The summed E-state index contributed by atoms with van der Waals surface area (Å²) in [5, 5.41) is 31.0. The monoisotopic (exact) mass is 597 g/mol. The molecule has 0 bridgehead atoms. The van der Waals surface area contributed by atoms with Gasteiger partial charge in [0.25, 0.3) is 5.69 Å². The Morgan fingerprint density at radius 3 is 2.34 bits per heavy atom. The Kier molecular flexibility index (Phi) is 8.42. The van der Waals surface area contributed by atoms with Gasteiger partial charge in [-0.1, -0.05) is 23.9 Å². The predicted octanol–water partition coefficient (Wildman–Crippen LogP) is 6.55. The third kappa shape index (κ3) is 6.37. The van der Waals surface area contributed by atoms with Gasteiger partial charge in [-0.15, -0.1) is 10.2 Å². The third-order valence-corrected chi connectivity index (χ3v) is 7.78. The second-order valence-corrected chi connectivity index (χ2v) is 10.7. The fraction of sp³-hybridized carbons (Fsp3) is 0.231. The molecule has 1 heterocycles. The van der Waals surface area contributed by atoms with Crippen molar-refractivity contribution in [1.29, 1.82) is 0 Å². The Bertz CT molecular complexity index is 1490. The Hall–Kier alpha value is -3.77. The summed E-state index contributed by atoms with van der Waals surface area (Å²) >= 11 is 4.80. The highest BCUT2D eigenvalue weighted by Gasteiger charge is 2.25. The number of aromatic nitrogens is 3. The zero-order valence-electron chi connectivity index (χ0n) is 20.8. The molecule has 3 aromatic carbocycles. The fourth-order valence-electron chi connectivity index (χ4n) is 3.76. The van der Waals surface area contributed by atoms with Crippen LogP contribution in [0.2, 0.25) is 0 Å². The molecule has 196 valence electrons. The number of benzene rings is 3. The molecule has 0 saturated heterocycles. The maximum absolute atomic E-state index is 11.6. The van der Waals surface area contributed by atoms with E-state index >= 15 is 0 Å². The van der Waals surface area contributed by atoms with Crippen LogP contribution in [-0.2, 0) is 6.61 Å². The van der Waals surface area contributed by atoms with E-state index in [1.807, 2.05) is 43.5 Å². The van der Waals surface area contributed by atoms with Crippen molar-refractivity contribution in [2.45, 2.75) is 37.8 Å². The van der Waals surface area contributed by atoms with Crippen molar-refractivity contribution in [3.8, 4) is 11.4 Å². The Labute approximate surface area is 231 Å². The van der Waals surface area contributed by atoms with Crippen molar-refractivity contribution in [1.82, 2.24) is 14.8 Å². The van der Waals surface area contributed by atoms with Crippen molar-refractivity contribution < 1.29 is 14.6 Å². The van der Waals surface area contributed by atoms with Crippen LogP contribution in [-0.4, -0.2) is 31.2 Å². The number of nitro benzene ring substituents is 1. The minimum absolute atomic E-state index is 0.0113. The summed E-state index contributed by atoms with van der Waals surface area (Å²) in [4.78, 5) is 21.6. The Balaban J connectivity index is 1.55. The molecule has 0 spiro atoms. The van der Waals surface area contributed by atoms with E-state index in [1.54, 1.807) is 30.3 Å². The molecule has 38 heavy (non-hydrogen) atoms. The smallest absolute Gasteiger partial charge is 0.269 e. The second kappa shape index (κ2) is 11.7. The molecule has 0 radical (unpaired) electrons. The topological polar surface area (TPSA) is 126 Å². The van der Waals surface area contributed by atoms with E-state index in [0.29, 0.717) is 21.2 Å². The van der Waals surface area contributed by atoms with Gasteiger partial charge in [0, 0.05) is 22.7 Å². The van der Waals surface area contributed by atoms with E-state index in [0.717, 1.165) is 22.4 Å². The molecular formula is C26H24BrN5O5S. The van der Waals surface area contributed by atoms with Crippen molar-refractivity contribution in [3.63, 3.8) is 0 Å². The fourth-order valence-corrected chi connectivity index (χ4v) is 5.44. The van der Waals surface area contributed by atoms with Crippen molar-refractivity contribution in [2.24, 2.45) is 0 Å². The van der Waals surface area contributed by atoms with Gasteiger partial charge in [-0.3, -0.25) is 24.8 Å². The van der Waals surface area contributed by atoms with Crippen LogP contribution in [0.25, 0.3) is 5.69 Å². The number of hydrogen-bond donors (Lipinski definition) is 0. The third-order valence-electron chi connectivity index (χ3n) is 5.98. The Morgan fingerprint density at radius 2 is 1.71 bits per heavy atom. The predicted molar refractivity (Wildman–Crippen MR) is 148 cm³/mol. The van der Waals surface area contributed by atoms with Gasteiger partial charge in [-0.25, -0.2) is 0 Å². The summed E-state index contributed by atoms with van der Waals surface area (Å²) < 4.78 is 8.41. The maximum Gasteiger partial charge on any atom is 0.269 e. The lowest BCUT2D eigenvalue weighted by atomic mass is 10.1. The normalized spacial score (nSPS) is 11.8. The molecule has 1 atom stereocenters. The average molecular weight is 598 g/mol. The molecule has 12 heteroatoms. The molecule has 1 aromatic heterocycles. The van der Waals surface area contributed by atoms with Gasteiger partial charge in [0.1, 0.15) is 23.4 Å². The van der Waals surface area contributed by atoms with Crippen molar-refractivity contribution in [2.75, 3.05) is 6.54 Å². The maximum atomic E-state index is 11.6. The van der Waals surface area contributed by atoms with Crippen LogP contribution < -0.4 is 4.74 Å². The highest BCUT2D eigenvalue weighted by atomic mass is 79.9. The lowest BCUT2D eigenvalue weighted by molar-refractivity contribution is -0.479. The molecule has 0 aliphatic rings. The van der Waals surface area contributed by atoms with Crippen LogP contribution in [0.15, 0.2) is 70.3 Å². The molecule has 0 saturated carbocycles. The van der Waals surface area contributed by atoms with E-state index in [9.17, 15) is 20.2 Å². The SMILES string of the molecule is Cc1ccc(-n2c(C)nnc2S[C@@H](C[N+](=O)[O-])c2ccc(OCc3ccc([N+](=O)[O-])cc3)c(Br)c2)cc1C. The summed E-state index contributed by atoms with van der Waals surface area (Å²) in [5.41, 5.74) is 4.71. The van der Waals surface area contributed by atoms with Crippen LogP contribution in [0.1, 0.15) is 33.3 Å². The van der Waals surface area contributed by atoms with Gasteiger partial charge in [-0.2, -0.15) is 0 Å². The van der Waals surface area contributed by atoms with Crippen molar-refractivity contribution >= 4 is 33.4 Å².